The molecule has 0 radical (unpaired) electrons. The maximum absolute atomic E-state index is 12.7. The fourth-order valence-corrected chi connectivity index (χ4v) is 20.3. The Kier molecular flexibility index (Phi) is 29.9. The summed E-state index contributed by atoms with van der Waals surface area (Å²) >= 11 is -2.46. The standard InChI is InChI=1S/C24H46NO3.3C4H9.Sn/c1-4-6-7-8-9-10-11-12-13-14-15-16-17-18-19-20-24(27)25-22(21-28-3)23(26)5-2;3*1-3-4-2;/h2,5,22-23,26H,4,6-21H2,1,3H3,(H,25,27);3*1,3-4H2,2H3;/t22-,23+;;;;/m0..../s1. The molecule has 0 heterocycles. The molecule has 1 amide bonds. The number of unbranched alkanes of at least 4 members (excludes halogenated alkanes) is 17. The normalized spacial score (nSPS) is 13.6. The fourth-order valence-electron chi connectivity index (χ4n) is 5.99. The van der Waals surface area contributed by atoms with Crippen molar-refractivity contribution in [3.63, 3.8) is 0 Å². The Labute approximate surface area is 261 Å². The number of carbonyl (C=O) groups excluding carboxylic acids is 1. The molecule has 0 aromatic heterocycles. The number of hydrogen-bond acceptors (Lipinski definition) is 3. The van der Waals surface area contributed by atoms with Crippen LogP contribution in [0, 0.1) is 0 Å². The van der Waals surface area contributed by atoms with Gasteiger partial charge in [-0.15, -0.1) is 0 Å². The molecule has 0 aliphatic heterocycles. The van der Waals surface area contributed by atoms with Gasteiger partial charge in [0.15, 0.2) is 0 Å². The number of carbonyl (C=O) groups is 1. The summed E-state index contributed by atoms with van der Waals surface area (Å²) in [6, 6.07) is -0.368. The van der Waals surface area contributed by atoms with Gasteiger partial charge in [-0.25, -0.2) is 0 Å². The summed E-state index contributed by atoms with van der Waals surface area (Å²) in [6.07, 6.45) is 29.5. The van der Waals surface area contributed by atoms with Crippen LogP contribution in [-0.2, 0) is 9.53 Å². The summed E-state index contributed by atoms with van der Waals surface area (Å²) in [5.74, 6) is 0.0481. The molecule has 0 rings (SSSR count). The molecule has 2 atom stereocenters. The van der Waals surface area contributed by atoms with Crippen LogP contribution < -0.4 is 5.32 Å². The van der Waals surface area contributed by atoms with Gasteiger partial charge in [0, 0.05) is 0 Å². The molecule has 0 fully saturated rings. The molecule has 0 aromatic rings. The monoisotopic (exact) mass is 687 g/mol. The molecule has 0 saturated heterocycles. The van der Waals surface area contributed by atoms with Crippen molar-refractivity contribution in [1.82, 2.24) is 5.32 Å². The number of aliphatic hydroxyl groups is 1. The first-order chi connectivity index (χ1) is 20.0. The van der Waals surface area contributed by atoms with E-state index in [0.29, 0.717) is 13.0 Å². The predicted molar refractivity (Wildman–Crippen MR) is 183 cm³/mol. The molecule has 4 nitrogen and oxygen atoms in total. The van der Waals surface area contributed by atoms with E-state index in [1.54, 1.807) is 7.11 Å². The Hall–Kier alpha value is -0.0713. The maximum atomic E-state index is 12.7. The molecule has 0 aliphatic rings. The number of hydrogen-bond donors (Lipinski definition) is 2. The minimum absolute atomic E-state index is 0.0481. The average molecular weight is 687 g/mol. The SMILES string of the molecule is CCCCCCCCCCCCCCCCCC(=O)N[C@@H](COC)[C@H](O)/C=[CH]/[Sn]([CH2]CCC)([CH2]CCC)[CH2]CCC. The molecule has 244 valence electrons. The van der Waals surface area contributed by atoms with E-state index in [1.807, 2.05) is 0 Å². The van der Waals surface area contributed by atoms with Crippen LogP contribution in [0.1, 0.15) is 169 Å². The van der Waals surface area contributed by atoms with Gasteiger partial charge < -0.3 is 0 Å². The van der Waals surface area contributed by atoms with Gasteiger partial charge in [-0.2, -0.15) is 0 Å². The van der Waals surface area contributed by atoms with Crippen LogP contribution in [0.4, 0.5) is 0 Å². The van der Waals surface area contributed by atoms with Crippen molar-refractivity contribution >= 4 is 24.3 Å². The number of aliphatic hydroxyl groups excluding tert-OH is 1. The Morgan fingerprint density at radius 1 is 0.659 bits per heavy atom. The van der Waals surface area contributed by atoms with Crippen LogP contribution >= 0.6 is 0 Å². The van der Waals surface area contributed by atoms with Crippen molar-refractivity contribution in [2.24, 2.45) is 0 Å². The Balaban J connectivity index is 4.37. The third-order valence-electron chi connectivity index (χ3n) is 8.84. The molecule has 5 heteroatoms. The number of amides is 1. The van der Waals surface area contributed by atoms with Gasteiger partial charge in [0.25, 0.3) is 0 Å². The molecule has 0 aliphatic carbocycles. The van der Waals surface area contributed by atoms with Gasteiger partial charge in [0.05, 0.1) is 0 Å². The van der Waals surface area contributed by atoms with Crippen molar-refractivity contribution in [3.8, 4) is 0 Å². The zero-order valence-corrected chi connectivity index (χ0v) is 31.3. The Bertz CT molecular complexity index is 576. The van der Waals surface area contributed by atoms with E-state index in [1.165, 1.54) is 135 Å². The quantitative estimate of drug-likeness (QED) is 0.0564. The van der Waals surface area contributed by atoms with Crippen molar-refractivity contribution in [3.05, 3.63) is 10.2 Å². The fraction of sp³-hybridized carbons (Fsp3) is 0.917. The molecule has 0 aromatic carbocycles. The molecule has 0 spiro atoms. The molecular weight excluding hydrogens is 613 g/mol. The van der Waals surface area contributed by atoms with Gasteiger partial charge in [-0.1, -0.05) is 71.1 Å². The third-order valence-corrected chi connectivity index (χ3v) is 23.0. The van der Waals surface area contributed by atoms with E-state index in [0.717, 1.165) is 12.8 Å². The van der Waals surface area contributed by atoms with Gasteiger partial charge in [-0.05, 0) is 0 Å². The topological polar surface area (TPSA) is 58.6 Å². The van der Waals surface area contributed by atoms with Gasteiger partial charge in [-0.3, -0.25) is 0 Å². The summed E-state index contributed by atoms with van der Waals surface area (Å²) in [5, 5.41) is 14.2. The average Bonchev–Trinajstić information content (AvgIpc) is 2.98. The van der Waals surface area contributed by atoms with E-state index in [2.05, 4.69) is 43.2 Å². The van der Waals surface area contributed by atoms with Gasteiger partial charge in [0.2, 0.25) is 0 Å². The molecule has 0 unspecified atom stereocenters. The third kappa shape index (κ3) is 24.0. The van der Waals surface area contributed by atoms with Crippen LogP contribution in [0.3, 0.4) is 0 Å². The molecular formula is C36H73NO3Sn. The Morgan fingerprint density at radius 3 is 1.44 bits per heavy atom. The predicted octanol–water partition coefficient (Wildman–Crippen LogP) is 10.7. The van der Waals surface area contributed by atoms with E-state index >= 15 is 0 Å². The van der Waals surface area contributed by atoms with Crippen LogP contribution in [0.2, 0.25) is 13.3 Å². The van der Waals surface area contributed by atoms with Crippen LogP contribution in [0.25, 0.3) is 0 Å². The summed E-state index contributed by atoms with van der Waals surface area (Å²) < 4.78 is 12.0. The van der Waals surface area contributed by atoms with E-state index in [9.17, 15) is 9.90 Å². The van der Waals surface area contributed by atoms with Crippen molar-refractivity contribution in [1.29, 1.82) is 0 Å². The molecule has 2 N–H and O–H groups in total. The van der Waals surface area contributed by atoms with Crippen molar-refractivity contribution in [2.45, 2.75) is 194 Å². The first kappa shape index (κ1) is 40.9. The van der Waals surface area contributed by atoms with Crippen molar-refractivity contribution in [2.75, 3.05) is 13.7 Å². The van der Waals surface area contributed by atoms with E-state index in [-0.39, 0.29) is 11.9 Å². The summed E-state index contributed by atoms with van der Waals surface area (Å²) in [5.41, 5.74) is 0. The Morgan fingerprint density at radius 2 is 1.05 bits per heavy atom. The summed E-state index contributed by atoms with van der Waals surface area (Å²) in [7, 11) is 1.65. The van der Waals surface area contributed by atoms with Crippen LogP contribution in [-0.4, -0.2) is 55.3 Å². The van der Waals surface area contributed by atoms with Crippen LogP contribution in [0.15, 0.2) is 10.2 Å². The number of rotatable bonds is 31. The van der Waals surface area contributed by atoms with Gasteiger partial charge in [0.1, 0.15) is 0 Å². The number of ether oxygens (including phenoxy) is 1. The first-order valence-corrected chi connectivity index (χ1v) is 25.8. The molecule has 41 heavy (non-hydrogen) atoms. The van der Waals surface area contributed by atoms with Gasteiger partial charge >= 0.3 is 191 Å². The number of nitrogens with one attached hydrogen (secondary N) is 1. The molecule has 0 bridgehead atoms. The number of methoxy groups -OCH3 is 1. The zero-order valence-electron chi connectivity index (χ0n) is 28.5. The first-order valence-electron chi connectivity index (χ1n) is 18.1. The van der Waals surface area contributed by atoms with E-state index < -0.39 is 24.5 Å². The molecule has 0 saturated carbocycles. The van der Waals surface area contributed by atoms with Crippen molar-refractivity contribution < 1.29 is 14.6 Å². The van der Waals surface area contributed by atoms with E-state index in [4.69, 9.17) is 4.74 Å². The zero-order chi connectivity index (χ0) is 30.4. The second-order valence-corrected chi connectivity index (χ2v) is 25.9. The second kappa shape index (κ2) is 30.0. The second-order valence-electron chi connectivity index (χ2n) is 12.9. The minimum atomic E-state index is -2.46. The summed E-state index contributed by atoms with van der Waals surface area (Å²) in [4.78, 5) is 12.7. The summed E-state index contributed by atoms with van der Waals surface area (Å²) in [6.45, 7) is 9.49. The van der Waals surface area contributed by atoms with Crippen LogP contribution in [0.5, 0.6) is 0 Å².